The molecule has 0 heterocycles. The molecule has 0 spiro atoms. The molecule has 0 atom stereocenters. The van der Waals surface area contributed by atoms with Gasteiger partial charge in [-0.05, 0) is 18.2 Å². The monoisotopic (exact) mass is 239 g/mol. The number of carbonyl (C=O) groups is 2. The molecule has 0 aliphatic heterocycles. The van der Waals surface area contributed by atoms with Crippen LogP contribution in [0.3, 0.4) is 0 Å². The summed E-state index contributed by atoms with van der Waals surface area (Å²) in [5.41, 5.74) is 5.64. The van der Waals surface area contributed by atoms with E-state index in [1.807, 2.05) is 0 Å². The second kappa shape index (κ2) is 5.83. The molecular formula is C11H14FN3O2. The third kappa shape index (κ3) is 3.75. The van der Waals surface area contributed by atoms with E-state index in [0.717, 1.165) is 6.07 Å². The van der Waals surface area contributed by atoms with Crippen molar-refractivity contribution in [1.29, 1.82) is 0 Å². The molecule has 1 aromatic rings. The lowest BCUT2D eigenvalue weighted by atomic mass is 10.1. The Balaban J connectivity index is 2.58. The lowest BCUT2D eigenvalue weighted by molar-refractivity contribution is -0.120. The summed E-state index contributed by atoms with van der Waals surface area (Å²) in [5, 5.41) is 4.85. The number of nitrogens with one attached hydrogen (secondary N) is 2. The molecule has 4 N–H and O–H groups in total. The lowest BCUT2D eigenvalue weighted by Crippen LogP contribution is -2.29. The van der Waals surface area contributed by atoms with E-state index >= 15 is 0 Å². The van der Waals surface area contributed by atoms with Gasteiger partial charge in [0.25, 0.3) is 5.91 Å². The maximum atomic E-state index is 13.3. The Bertz CT molecular complexity index is 435. The third-order valence-corrected chi connectivity index (χ3v) is 2.15. The molecule has 1 rings (SSSR count). The standard InChI is InChI=1S/C11H14FN3O2/c1-14-10(16)4-5-15-11(17)8-6-7(13)2-3-9(8)12/h2-3,6H,4-5,13H2,1H3,(H,14,16)(H,15,17). The molecule has 2 amide bonds. The van der Waals surface area contributed by atoms with Crippen LogP contribution in [0.1, 0.15) is 16.8 Å². The first-order chi connectivity index (χ1) is 8.04. The molecule has 0 saturated heterocycles. The Labute approximate surface area is 98.2 Å². The van der Waals surface area contributed by atoms with Crippen LogP contribution < -0.4 is 16.4 Å². The Morgan fingerprint density at radius 2 is 2.12 bits per heavy atom. The molecule has 6 heteroatoms. The van der Waals surface area contributed by atoms with E-state index in [1.54, 1.807) is 0 Å². The second-order valence-electron chi connectivity index (χ2n) is 3.42. The van der Waals surface area contributed by atoms with E-state index in [9.17, 15) is 14.0 Å². The highest BCUT2D eigenvalue weighted by Gasteiger charge is 2.11. The zero-order valence-corrected chi connectivity index (χ0v) is 9.42. The van der Waals surface area contributed by atoms with Crippen molar-refractivity contribution in [2.24, 2.45) is 0 Å². The van der Waals surface area contributed by atoms with Gasteiger partial charge in [0, 0.05) is 25.7 Å². The van der Waals surface area contributed by atoms with E-state index in [0.29, 0.717) is 5.69 Å². The lowest BCUT2D eigenvalue weighted by Gasteiger charge is -2.06. The van der Waals surface area contributed by atoms with Gasteiger partial charge >= 0.3 is 0 Å². The highest BCUT2D eigenvalue weighted by molar-refractivity contribution is 5.95. The predicted octanol–water partition coefficient (Wildman–Crippen LogP) is 0.274. The molecule has 0 fully saturated rings. The van der Waals surface area contributed by atoms with Crippen LogP contribution in [0.2, 0.25) is 0 Å². The van der Waals surface area contributed by atoms with Crippen LogP contribution in [-0.2, 0) is 4.79 Å². The number of amides is 2. The molecule has 0 aromatic heterocycles. The van der Waals surface area contributed by atoms with Crippen LogP contribution in [0.4, 0.5) is 10.1 Å². The van der Waals surface area contributed by atoms with Gasteiger partial charge in [-0.15, -0.1) is 0 Å². The van der Waals surface area contributed by atoms with Gasteiger partial charge in [-0.25, -0.2) is 4.39 Å². The van der Waals surface area contributed by atoms with Gasteiger partial charge in [0.1, 0.15) is 5.82 Å². The molecular weight excluding hydrogens is 225 g/mol. The number of rotatable bonds is 4. The first-order valence-electron chi connectivity index (χ1n) is 5.08. The first-order valence-corrected chi connectivity index (χ1v) is 5.08. The minimum Gasteiger partial charge on any atom is -0.399 e. The van der Waals surface area contributed by atoms with Gasteiger partial charge in [-0.3, -0.25) is 9.59 Å². The van der Waals surface area contributed by atoms with Crippen LogP contribution in [0.25, 0.3) is 0 Å². The fourth-order valence-electron chi connectivity index (χ4n) is 1.23. The van der Waals surface area contributed by atoms with Crippen LogP contribution in [0, 0.1) is 5.82 Å². The highest BCUT2D eigenvalue weighted by atomic mass is 19.1. The molecule has 5 nitrogen and oxygen atoms in total. The summed E-state index contributed by atoms with van der Waals surface area (Å²) in [6.45, 7) is 0.146. The van der Waals surface area contributed by atoms with Crippen molar-refractivity contribution in [3.63, 3.8) is 0 Å². The van der Waals surface area contributed by atoms with Gasteiger partial charge < -0.3 is 16.4 Å². The number of halogens is 1. The molecule has 0 saturated carbocycles. The third-order valence-electron chi connectivity index (χ3n) is 2.15. The van der Waals surface area contributed by atoms with Gasteiger partial charge in [0.2, 0.25) is 5.91 Å². The number of nitrogens with two attached hydrogens (primary N) is 1. The van der Waals surface area contributed by atoms with Crippen LogP contribution in [-0.4, -0.2) is 25.4 Å². The minimum atomic E-state index is -0.642. The Morgan fingerprint density at radius 3 is 2.76 bits per heavy atom. The summed E-state index contributed by atoms with van der Waals surface area (Å²) in [6.07, 6.45) is 0.145. The summed E-state index contributed by atoms with van der Waals surface area (Å²) in [7, 11) is 1.50. The molecule has 92 valence electrons. The van der Waals surface area contributed by atoms with Crippen molar-refractivity contribution >= 4 is 17.5 Å². The molecule has 0 bridgehead atoms. The summed E-state index contributed by atoms with van der Waals surface area (Å²) >= 11 is 0. The number of benzene rings is 1. The van der Waals surface area contributed by atoms with Crippen molar-refractivity contribution in [1.82, 2.24) is 10.6 Å². The minimum absolute atomic E-state index is 0.123. The Kier molecular flexibility index (Phi) is 4.45. The van der Waals surface area contributed by atoms with Crippen molar-refractivity contribution in [3.8, 4) is 0 Å². The fourth-order valence-corrected chi connectivity index (χ4v) is 1.23. The zero-order valence-electron chi connectivity index (χ0n) is 9.42. The maximum Gasteiger partial charge on any atom is 0.254 e. The summed E-state index contributed by atoms with van der Waals surface area (Å²) < 4.78 is 13.3. The molecule has 0 aliphatic rings. The quantitative estimate of drug-likeness (QED) is 0.659. The van der Waals surface area contributed by atoms with Crippen LogP contribution >= 0.6 is 0 Å². The number of hydrogen-bond acceptors (Lipinski definition) is 3. The number of hydrogen-bond donors (Lipinski definition) is 3. The van der Waals surface area contributed by atoms with E-state index in [2.05, 4.69) is 10.6 Å². The normalized spacial score (nSPS) is 9.76. The van der Waals surface area contributed by atoms with Crippen molar-refractivity contribution in [2.45, 2.75) is 6.42 Å². The SMILES string of the molecule is CNC(=O)CCNC(=O)c1cc(N)ccc1F. The summed E-state index contributed by atoms with van der Waals surface area (Å²) in [6, 6.07) is 3.75. The highest BCUT2D eigenvalue weighted by Crippen LogP contribution is 2.11. The van der Waals surface area contributed by atoms with Gasteiger partial charge in [0.05, 0.1) is 5.56 Å². The molecule has 0 unspecified atom stereocenters. The van der Waals surface area contributed by atoms with E-state index in [-0.39, 0.29) is 24.4 Å². The van der Waals surface area contributed by atoms with E-state index < -0.39 is 11.7 Å². The maximum absolute atomic E-state index is 13.3. The van der Waals surface area contributed by atoms with E-state index in [1.165, 1.54) is 19.2 Å². The Hall–Kier alpha value is -2.11. The van der Waals surface area contributed by atoms with Gasteiger partial charge in [-0.2, -0.15) is 0 Å². The van der Waals surface area contributed by atoms with Gasteiger partial charge in [0.15, 0.2) is 0 Å². The average Bonchev–Trinajstić information content (AvgIpc) is 2.31. The smallest absolute Gasteiger partial charge is 0.254 e. The first kappa shape index (κ1) is 13.0. The van der Waals surface area contributed by atoms with Crippen LogP contribution in [0.5, 0.6) is 0 Å². The zero-order chi connectivity index (χ0) is 12.8. The largest absolute Gasteiger partial charge is 0.399 e. The molecule has 17 heavy (non-hydrogen) atoms. The number of nitrogen functional groups attached to an aromatic ring is 1. The average molecular weight is 239 g/mol. The van der Waals surface area contributed by atoms with Gasteiger partial charge in [-0.1, -0.05) is 0 Å². The van der Waals surface area contributed by atoms with Crippen molar-refractivity contribution in [3.05, 3.63) is 29.6 Å². The Morgan fingerprint density at radius 1 is 1.41 bits per heavy atom. The molecule has 1 aromatic carbocycles. The topological polar surface area (TPSA) is 84.2 Å². The van der Waals surface area contributed by atoms with Crippen LogP contribution in [0.15, 0.2) is 18.2 Å². The number of anilines is 1. The summed E-state index contributed by atoms with van der Waals surface area (Å²) in [5.74, 6) is -1.42. The number of carbonyl (C=O) groups excluding carboxylic acids is 2. The second-order valence-corrected chi connectivity index (χ2v) is 3.42. The molecule has 0 radical (unpaired) electrons. The van der Waals surface area contributed by atoms with Crippen molar-refractivity contribution < 1.29 is 14.0 Å². The van der Waals surface area contributed by atoms with Crippen molar-refractivity contribution in [2.75, 3.05) is 19.3 Å². The summed E-state index contributed by atoms with van der Waals surface area (Å²) in [4.78, 5) is 22.4. The molecule has 0 aliphatic carbocycles. The van der Waals surface area contributed by atoms with E-state index in [4.69, 9.17) is 5.73 Å². The predicted molar refractivity (Wildman–Crippen MR) is 61.8 cm³/mol. The fraction of sp³-hybridized carbons (Fsp3) is 0.273.